The molecule has 40 heavy (non-hydrogen) atoms. The van der Waals surface area contributed by atoms with Crippen molar-refractivity contribution in [1.29, 1.82) is 0 Å². The lowest BCUT2D eigenvalue weighted by atomic mass is 10.1. The van der Waals surface area contributed by atoms with Gasteiger partial charge in [-0.15, -0.1) is 0 Å². The molecule has 216 valence electrons. The Morgan fingerprint density at radius 3 is 2.52 bits per heavy atom. The summed E-state index contributed by atoms with van der Waals surface area (Å²) < 4.78 is 39.3. The van der Waals surface area contributed by atoms with E-state index in [0.717, 1.165) is 41.8 Å². The van der Waals surface area contributed by atoms with Crippen LogP contribution in [0.3, 0.4) is 0 Å². The number of carboxylic acids is 1. The van der Waals surface area contributed by atoms with Gasteiger partial charge in [0.2, 0.25) is 0 Å². The lowest BCUT2D eigenvalue weighted by molar-refractivity contribution is -0.192. The minimum absolute atomic E-state index is 0.204. The highest BCUT2D eigenvalue weighted by Crippen LogP contribution is 2.36. The number of aryl methyl sites for hydroxylation is 1. The predicted molar refractivity (Wildman–Crippen MR) is 144 cm³/mol. The molecule has 2 aromatic heterocycles. The molecule has 3 aromatic rings. The molecule has 2 amide bonds. The van der Waals surface area contributed by atoms with E-state index in [-0.39, 0.29) is 6.03 Å². The Morgan fingerprint density at radius 1 is 1.23 bits per heavy atom. The number of carboxylic acid groups (broad SMARTS) is 1. The van der Waals surface area contributed by atoms with Gasteiger partial charge in [0.15, 0.2) is 0 Å². The first-order chi connectivity index (χ1) is 18.9. The van der Waals surface area contributed by atoms with Gasteiger partial charge in [0.25, 0.3) is 0 Å². The van der Waals surface area contributed by atoms with Crippen molar-refractivity contribution in [3.63, 3.8) is 0 Å². The van der Waals surface area contributed by atoms with Gasteiger partial charge >= 0.3 is 18.2 Å². The quantitative estimate of drug-likeness (QED) is 0.438. The van der Waals surface area contributed by atoms with Crippen LogP contribution in [-0.4, -0.2) is 76.4 Å². The number of aliphatic carboxylic acids is 1. The molecule has 5 rings (SSSR count). The van der Waals surface area contributed by atoms with E-state index in [4.69, 9.17) is 14.6 Å². The number of benzene rings is 1. The summed E-state index contributed by atoms with van der Waals surface area (Å²) >= 11 is 0. The molecule has 2 aliphatic rings. The maximum Gasteiger partial charge on any atom is 0.490 e. The molecule has 0 saturated carbocycles. The van der Waals surface area contributed by atoms with Gasteiger partial charge in [0.05, 0.1) is 17.8 Å². The van der Waals surface area contributed by atoms with Gasteiger partial charge in [0, 0.05) is 73.9 Å². The standard InChI is InChI=1S/C24H31N7O2.C2HF3O2/c1-5-33-22-11-19-17(14-29(4)28-19)10-20(22)27-24(32)31-9-7-18-21(6-8-25-23(18)31)30-12-15(2)26-16(3)13-30;3-2(4,5)1(6)7/h6,8,10-11,14-16,26H,5,7,9,12-13H2,1-4H3,(H,27,32);(H,6,7)/t15-,16+;. The van der Waals surface area contributed by atoms with Gasteiger partial charge in [-0.25, -0.2) is 14.6 Å². The fourth-order valence-corrected chi connectivity index (χ4v) is 5.02. The highest BCUT2D eigenvalue weighted by Gasteiger charge is 2.38. The van der Waals surface area contributed by atoms with Gasteiger partial charge in [-0.1, -0.05) is 0 Å². The van der Waals surface area contributed by atoms with Crippen LogP contribution in [0.2, 0.25) is 0 Å². The van der Waals surface area contributed by atoms with E-state index < -0.39 is 12.1 Å². The second-order valence-electron chi connectivity index (χ2n) is 9.78. The van der Waals surface area contributed by atoms with Gasteiger partial charge < -0.3 is 25.4 Å². The largest absolute Gasteiger partial charge is 0.492 e. The number of nitrogens with one attached hydrogen (secondary N) is 2. The summed E-state index contributed by atoms with van der Waals surface area (Å²) in [5.41, 5.74) is 3.79. The number of carbonyl (C=O) groups is 2. The molecule has 0 aliphatic carbocycles. The lowest BCUT2D eigenvalue weighted by Crippen LogP contribution is -2.54. The number of pyridine rings is 1. The number of hydrogen-bond acceptors (Lipinski definition) is 7. The smallest absolute Gasteiger partial charge is 0.490 e. The molecule has 2 aliphatic heterocycles. The van der Waals surface area contributed by atoms with Crippen molar-refractivity contribution >= 4 is 40.1 Å². The van der Waals surface area contributed by atoms with Crippen LogP contribution < -0.4 is 25.2 Å². The van der Waals surface area contributed by atoms with Crippen LogP contribution in [0.4, 0.5) is 35.2 Å². The van der Waals surface area contributed by atoms with Crippen molar-refractivity contribution in [2.75, 3.05) is 41.4 Å². The number of urea groups is 1. The Morgan fingerprint density at radius 2 is 1.90 bits per heavy atom. The Labute approximate surface area is 228 Å². The fourth-order valence-electron chi connectivity index (χ4n) is 5.02. The van der Waals surface area contributed by atoms with Gasteiger partial charge in [-0.2, -0.15) is 18.3 Å². The first kappa shape index (κ1) is 28.9. The van der Waals surface area contributed by atoms with Crippen LogP contribution >= 0.6 is 0 Å². The number of piperazine rings is 1. The zero-order chi connectivity index (χ0) is 29.2. The van der Waals surface area contributed by atoms with E-state index in [1.165, 1.54) is 5.69 Å². The predicted octanol–water partition coefficient (Wildman–Crippen LogP) is 3.78. The molecular weight excluding hydrogens is 531 g/mol. The van der Waals surface area contributed by atoms with Crippen LogP contribution in [0.5, 0.6) is 5.75 Å². The summed E-state index contributed by atoms with van der Waals surface area (Å²) in [6.07, 6.45) is -0.557. The molecule has 14 heteroatoms. The first-order valence-electron chi connectivity index (χ1n) is 12.8. The summed E-state index contributed by atoms with van der Waals surface area (Å²) in [7, 11) is 1.88. The minimum Gasteiger partial charge on any atom is -0.492 e. The number of anilines is 3. The molecule has 0 bridgehead atoms. The van der Waals surface area contributed by atoms with E-state index in [9.17, 15) is 18.0 Å². The number of alkyl halides is 3. The molecule has 2 atom stereocenters. The maximum absolute atomic E-state index is 13.3. The third kappa shape index (κ3) is 6.38. The number of nitrogens with zero attached hydrogens (tertiary/aromatic N) is 5. The maximum atomic E-state index is 13.3. The molecule has 0 unspecified atom stereocenters. The number of aromatic nitrogens is 3. The summed E-state index contributed by atoms with van der Waals surface area (Å²) in [5.74, 6) is -1.40. The molecule has 1 aromatic carbocycles. The Balaban J connectivity index is 0.000000470. The zero-order valence-corrected chi connectivity index (χ0v) is 22.6. The Kier molecular flexibility index (Phi) is 8.37. The molecule has 3 N–H and O–H groups in total. The van der Waals surface area contributed by atoms with Crippen LogP contribution in [-0.2, 0) is 18.3 Å². The average molecular weight is 564 g/mol. The summed E-state index contributed by atoms with van der Waals surface area (Å²) in [4.78, 5) is 31.0. The van der Waals surface area contributed by atoms with Crippen LogP contribution in [0, 0.1) is 0 Å². The van der Waals surface area contributed by atoms with Crippen LogP contribution in [0.25, 0.3) is 10.9 Å². The molecule has 0 spiro atoms. The second-order valence-corrected chi connectivity index (χ2v) is 9.78. The number of halogens is 3. The zero-order valence-electron chi connectivity index (χ0n) is 22.6. The van der Waals surface area contributed by atoms with E-state index >= 15 is 0 Å². The average Bonchev–Trinajstić information content (AvgIpc) is 3.46. The monoisotopic (exact) mass is 563 g/mol. The lowest BCUT2D eigenvalue weighted by Gasteiger charge is -2.38. The van der Waals surface area contributed by atoms with Crippen molar-refractivity contribution in [3.8, 4) is 5.75 Å². The minimum atomic E-state index is -5.08. The van der Waals surface area contributed by atoms with Crippen LogP contribution in [0.1, 0.15) is 26.3 Å². The summed E-state index contributed by atoms with van der Waals surface area (Å²) in [6.45, 7) is 9.32. The third-order valence-corrected chi connectivity index (χ3v) is 6.50. The summed E-state index contributed by atoms with van der Waals surface area (Å²) in [5, 5.41) is 19.1. The topological polar surface area (TPSA) is 125 Å². The molecule has 0 radical (unpaired) electrons. The molecule has 1 fully saturated rings. The second kappa shape index (κ2) is 11.6. The Bertz CT molecular complexity index is 1380. The van der Waals surface area contributed by atoms with Gasteiger partial charge in [-0.3, -0.25) is 9.58 Å². The Hall–Kier alpha value is -4.07. The van der Waals surface area contributed by atoms with E-state index in [0.29, 0.717) is 36.7 Å². The molecular formula is C26H32F3N7O4. The number of rotatable bonds is 4. The number of carbonyl (C=O) groups excluding carboxylic acids is 1. The van der Waals surface area contributed by atoms with Gasteiger partial charge in [-0.05, 0) is 39.3 Å². The van der Waals surface area contributed by atoms with Crippen molar-refractivity contribution in [1.82, 2.24) is 20.1 Å². The fraction of sp³-hybridized carbons (Fsp3) is 0.462. The number of hydrogen-bond donors (Lipinski definition) is 3. The van der Waals surface area contributed by atoms with E-state index in [1.807, 2.05) is 38.5 Å². The van der Waals surface area contributed by atoms with Crippen molar-refractivity contribution in [2.24, 2.45) is 7.05 Å². The van der Waals surface area contributed by atoms with Gasteiger partial charge in [0.1, 0.15) is 11.6 Å². The van der Waals surface area contributed by atoms with Crippen LogP contribution in [0.15, 0.2) is 30.6 Å². The number of ether oxygens (including phenoxy) is 1. The van der Waals surface area contributed by atoms with E-state index in [2.05, 4.69) is 45.5 Å². The number of fused-ring (bicyclic) bond motifs is 2. The van der Waals surface area contributed by atoms with Crippen molar-refractivity contribution in [2.45, 2.75) is 45.5 Å². The number of amides is 2. The normalized spacial score (nSPS) is 18.7. The molecule has 1 saturated heterocycles. The highest BCUT2D eigenvalue weighted by molar-refractivity contribution is 6.05. The first-order valence-corrected chi connectivity index (χ1v) is 12.8. The van der Waals surface area contributed by atoms with E-state index in [1.54, 1.807) is 9.58 Å². The van der Waals surface area contributed by atoms with Crippen molar-refractivity contribution < 1.29 is 32.6 Å². The highest BCUT2D eigenvalue weighted by atomic mass is 19.4. The third-order valence-electron chi connectivity index (χ3n) is 6.50. The summed E-state index contributed by atoms with van der Waals surface area (Å²) in [6, 6.07) is 6.49. The molecule has 4 heterocycles. The molecule has 11 nitrogen and oxygen atoms in total. The van der Waals surface area contributed by atoms with Crippen molar-refractivity contribution in [3.05, 3.63) is 36.2 Å². The SMILES string of the molecule is CCOc1cc2nn(C)cc2cc1NC(=O)N1CCc2c(N3C[C@@H](C)N[C@@H](C)C3)ccnc21.O=C(O)C(F)(F)F.